The van der Waals surface area contributed by atoms with Crippen LogP contribution in [0.25, 0.3) is 16.9 Å². The molecule has 1 fully saturated rings. The first-order chi connectivity index (χ1) is 17.9. The van der Waals surface area contributed by atoms with Gasteiger partial charge < -0.3 is 0 Å². The van der Waals surface area contributed by atoms with Crippen LogP contribution in [0.15, 0.2) is 58.5 Å². The van der Waals surface area contributed by atoms with Gasteiger partial charge in [-0.2, -0.15) is 0 Å². The Balaban J connectivity index is 1.63. The van der Waals surface area contributed by atoms with Gasteiger partial charge in [0, 0.05) is 35.8 Å². The van der Waals surface area contributed by atoms with Gasteiger partial charge in [-0.15, -0.1) is 0 Å². The summed E-state index contributed by atoms with van der Waals surface area (Å²) in [7, 11) is -3.91. The van der Waals surface area contributed by atoms with Crippen LogP contribution in [0.5, 0.6) is 0 Å². The maximum Gasteiger partial charge on any atom is 0.274 e. The van der Waals surface area contributed by atoms with E-state index in [-0.39, 0.29) is 28.1 Å². The van der Waals surface area contributed by atoms with Crippen LogP contribution in [0, 0.1) is 25.5 Å². The molecular weight excluding hydrogens is 555 g/mol. The highest BCUT2D eigenvalue weighted by molar-refractivity contribution is 7.90. The molecule has 0 saturated heterocycles. The average Bonchev–Trinajstić information content (AvgIpc) is 3.64. The molecule has 0 radical (unpaired) electrons. The number of benzene rings is 1. The normalized spacial score (nSPS) is 17.0. The van der Waals surface area contributed by atoms with E-state index in [1.807, 2.05) is 0 Å². The molecule has 1 aromatic carbocycles. The molecular formula is C27H21Cl2F2N3O3S. The first kappa shape index (κ1) is 26.5. The van der Waals surface area contributed by atoms with Crippen molar-refractivity contribution >= 4 is 33.0 Å². The Labute approximate surface area is 227 Å². The summed E-state index contributed by atoms with van der Waals surface area (Å²) in [5.41, 5.74) is 0.535. The first-order valence-electron chi connectivity index (χ1n) is 11.6. The van der Waals surface area contributed by atoms with Crippen LogP contribution in [0.1, 0.15) is 40.8 Å². The second kappa shape index (κ2) is 9.55. The molecule has 0 aliphatic heterocycles. The van der Waals surface area contributed by atoms with Gasteiger partial charge in [0.05, 0.1) is 16.4 Å². The second-order valence-corrected chi connectivity index (χ2v) is 12.1. The molecule has 0 unspecified atom stereocenters. The van der Waals surface area contributed by atoms with E-state index >= 15 is 8.78 Å². The van der Waals surface area contributed by atoms with Crippen LogP contribution >= 0.6 is 23.2 Å². The minimum Gasteiger partial charge on any atom is -0.277 e. The van der Waals surface area contributed by atoms with Gasteiger partial charge in [0.2, 0.25) is 0 Å². The highest BCUT2D eigenvalue weighted by atomic mass is 35.5. The number of halogens is 4. The Morgan fingerprint density at radius 2 is 1.76 bits per heavy atom. The molecule has 1 aliphatic rings. The lowest BCUT2D eigenvalue weighted by Crippen LogP contribution is -2.24. The number of aromatic nitrogens is 3. The highest BCUT2D eigenvalue weighted by Crippen LogP contribution is 2.56. The lowest BCUT2D eigenvalue weighted by Gasteiger charge is -2.18. The molecule has 196 valence electrons. The minimum absolute atomic E-state index is 0.00643. The summed E-state index contributed by atoms with van der Waals surface area (Å²) in [6, 6.07) is 8.86. The van der Waals surface area contributed by atoms with E-state index in [0.717, 1.165) is 22.6 Å². The Morgan fingerprint density at radius 3 is 2.45 bits per heavy atom. The first-order valence-corrected chi connectivity index (χ1v) is 14.2. The maximum absolute atomic E-state index is 16.0. The Hall–Kier alpha value is -3.14. The molecule has 4 aromatic rings. The number of pyridine rings is 3. The van der Waals surface area contributed by atoms with Gasteiger partial charge in [-0.3, -0.25) is 19.3 Å². The summed E-state index contributed by atoms with van der Waals surface area (Å²) >= 11 is 12.9. The summed E-state index contributed by atoms with van der Waals surface area (Å²) in [5.74, 6) is -2.16. The largest absolute Gasteiger partial charge is 0.277 e. The molecule has 38 heavy (non-hydrogen) atoms. The number of hydrogen-bond donors (Lipinski definition) is 0. The lowest BCUT2D eigenvalue weighted by atomic mass is 10.1. The number of aryl methyl sites for hydroxylation is 2. The van der Waals surface area contributed by atoms with Crippen molar-refractivity contribution in [2.45, 2.75) is 37.0 Å². The van der Waals surface area contributed by atoms with Crippen LogP contribution in [0.3, 0.4) is 0 Å². The number of sulfone groups is 1. The summed E-state index contributed by atoms with van der Waals surface area (Å²) in [4.78, 5) is 21.3. The van der Waals surface area contributed by atoms with Gasteiger partial charge in [-0.05, 0) is 67.6 Å². The van der Waals surface area contributed by atoms with E-state index in [2.05, 4.69) is 9.97 Å². The predicted octanol–water partition coefficient (Wildman–Crippen LogP) is 6.17. The van der Waals surface area contributed by atoms with Crippen molar-refractivity contribution in [3.63, 3.8) is 0 Å². The quantitative estimate of drug-likeness (QED) is 0.284. The van der Waals surface area contributed by atoms with Crippen LogP contribution in [0.4, 0.5) is 8.78 Å². The Kier molecular flexibility index (Phi) is 6.65. The van der Waals surface area contributed by atoms with Crippen LogP contribution in [-0.2, 0) is 9.84 Å². The highest BCUT2D eigenvalue weighted by Gasteiger charge is 2.43. The fourth-order valence-electron chi connectivity index (χ4n) is 4.80. The molecule has 3 aromatic heterocycles. The molecule has 0 spiro atoms. The third kappa shape index (κ3) is 4.42. The van der Waals surface area contributed by atoms with Gasteiger partial charge in [0.25, 0.3) is 5.56 Å². The maximum atomic E-state index is 16.0. The fraction of sp³-hybridized carbons (Fsp3) is 0.222. The summed E-state index contributed by atoms with van der Waals surface area (Å²) in [6.07, 6.45) is 4.52. The SMILES string of the molecule is Cc1cnc(-c2cccc(S(C)(=O)=O)c2F)c(F)c1-n1c(C)cc([C@H]2C[C@@H]2c2ncccc2Cl)c(Cl)c1=O. The van der Waals surface area contributed by atoms with Crippen LogP contribution in [0.2, 0.25) is 10.0 Å². The van der Waals surface area contributed by atoms with Crippen LogP contribution in [-0.4, -0.2) is 29.2 Å². The van der Waals surface area contributed by atoms with Crippen molar-refractivity contribution in [3.8, 4) is 16.9 Å². The molecule has 11 heteroatoms. The van der Waals surface area contributed by atoms with Crippen molar-refractivity contribution in [3.05, 3.63) is 103 Å². The molecule has 1 aliphatic carbocycles. The third-order valence-electron chi connectivity index (χ3n) is 6.71. The molecule has 2 atom stereocenters. The van der Waals surface area contributed by atoms with Gasteiger partial charge in [-0.25, -0.2) is 17.2 Å². The van der Waals surface area contributed by atoms with Crippen molar-refractivity contribution in [2.75, 3.05) is 6.26 Å². The van der Waals surface area contributed by atoms with Crippen molar-refractivity contribution < 1.29 is 17.2 Å². The van der Waals surface area contributed by atoms with Crippen molar-refractivity contribution in [2.24, 2.45) is 0 Å². The molecule has 3 heterocycles. The van der Waals surface area contributed by atoms with E-state index in [1.54, 1.807) is 38.2 Å². The van der Waals surface area contributed by atoms with Gasteiger partial charge in [-0.1, -0.05) is 29.3 Å². The van der Waals surface area contributed by atoms with E-state index in [1.165, 1.54) is 18.3 Å². The van der Waals surface area contributed by atoms with Crippen molar-refractivity contribution in [1.82, 2.24) is 14.5 Å². The molecule has 6 nitrogen and oxygen atoms in total. The smallest absolute Gasteiger partial charge is 0.274 e. The van der Waals surface area contributed by atoms with Gasteiger partial charge >= 0.3 is 0 Å². The zero-order valence-electron chi connectivity index (χ0n) is 20.5. The number of rotatable bonds is 5. The fourth-order valence-corrected chi connectivity index (χ4v) is 6.10. The number of hydrogen-bond acceptors (Lipinski definition) is 5. The van der Waals surface area contributed by atoms with E-state index in [9.17, 15) is 13.2 Å². The van der Waals surface area contributed by atoms with E-state index < -0.39 is 37.6 Å². The third-order valence-corrected chi connectivity index (χ3v) is 8.52. The summed E-state index contributed by atoms with van der Waals surface area (Å²) in [5, 5.41) is 0.480. The van der Waals surface area contributed by atoms with Gasteiger partial charge in [0.1, 0.15) is 15.6 Å². The standard InChI is InChI=1S/C27H21Cl2F2N3O3S/c1-13-12-33-25(15-6-4-8-20(22(15)30)38(3,36)37)23(31)26(13)34-14(2)10-17(21(29)27(34)35)16-11-18(16)24-19(28)7-5-9-32-24/h4-10,12,16,18H,11H2,1-3H3/t16-,18+/m1/s1. The van der Waals surface area contributed by atoms with E-state index in [0.29, 0.717) is 28.3 Å². The Bertz CT molecular complexity index is 1790. The average molecular weight is 576 g/mol. The molecule has 5 rings (SSSR count). The zero-order chi connectivity index (χ0) is 27.5. The lowest BCUT2D eigenvalue weighted by molar-refractivity contribution is 0.569. The monoisotopic (exact) mass is 575 g/mol. The zero-order valence-corrected chi connectivity index (χ0v) is 22.8. The molecule has 0 N–H and O–H groups in total. The summed E-state index contributed by atoms with van der Waals surface area (Å²) < 4.78 is 56.3. The second-order valence-electron chi connectivity index (χ2n) is 9.36. The van der Waals surface area contributed by atoms with Gasteiger partial charge in [0.15, 0.2) is 21.5 Å². The predicted molar refractivity (Wildman–Crippen MR) is 142 cm³/mol. The number of nitrogens with zero attached hydrogens (tertiary/aromatic N) is 3. The molecule has 0 amide bonds. The van der Waals surface area contributed by atoms with Crippen LogP contribution < -0.4 is 5.56 Å². The summed E-state index contributed by atoms with van der Waals surface area (Å²) in [6.45, 7) is 3.21. The topological polar surface area (TPSA) is 81.9 Å². The van der Waals surface area contributed by atoms with E-state index in [4.69, 9.17) is 23.2 Å². The van der Waals surface area contributed by atoms with Crippen molar-refractivity contribution in [1.29, 1.82) is 0 Å². The molecule has 1 saturated carbocycles. The Morgan fingerprint density at radius 1 is 1.03 bits per heavy atom. The molecule has 0 bridgehead atoms. The minimum atomic E-state index is -3.91.